The van der Waals surface area contributed by atoms with Crippen LogP contribution in [0, 0.1) is 0 Å². The van der Waals surface area contributed by atoms with Crippen molar-refractivity contribution in [1.29, 1.82) is 0 Å². The van der Waals surface area contributed by atoms with Gasteiger partial charge in [0.15, 0.2) is 0 Å². The van der Waals surface area contributed by atoms with E-state index in [1.807, 2.05) is 0 Å². The first kappa shape index (κ1) is 17.6. The predicted molar refractivity (Wildman–Crippen MR) is 136 cm³/mol. The summed E-state index contributed by atoms with van der Waals surface area (Å²) in [5, 5.41) is 5.23. The Morgan fingerprint density at radius 1 is 0.562 bits per heavy atom. The van der Waals surface area contributed by atoms with Crippen molar-refractivity contribution >= 4 is 43.6 Å². The number of rotatable bonds is 2. The molecule has 0 bridgehead atoms. The quantitative estimate of drug-likeness (QED) is 0.274. The second-order valence-corrected chi connectivity index (χ2v) is 8.55. The summed E-state index contributed by atoms with van der Waals surface area (Å²) in [6.45, 7) is 0. The molecule has 0 saturated heterocycles. The SMILES string of the molecule is C1=CCC(n2c3ccccc3c3ccc4c5ccccc5n(-c5ccccc5)c4c32)C=C1. The van der Waals surface area contributed by atoms with Crippen LogP contribution >= 0.6 is 0 Å². The molecule has 2 heterocycles. The van der Waals surface area contributed by atoms with Crippen molar-refractivity contribution in [3.63, 3.8) is 0 Å². The molecular weight excluding hydrogens is 388 g/mol. The first-order valence-corrected chi connectivity index (χ1v) is 11.3. The number of allylic oxidation sites excluding steroid dienone is 4. The molecule has 32 heavy (non-hydrogen) atoms. The highest BCUT2D eigenvalue weighted by atomic mass is 15.1. The number of benzene rings is 4. The summed E-state index contributed by atoms with van der Waals surface area (Å²) < 4.78 is 5.01. The van der Waals surface area contributed by atoms with E-state index in [1.54, 1.807) is 0 Å². The number of nitrogens with zero attached hydrogens (tertiary/aromatic N) is 2. The molecule has 0 spiro atoms. The first-order chi connectivity index (χ1) is 15.9. The van der Waals surface area contributed by atoms with E-state index in [1.165, 1.54) is 49.3 Å². The lowest BCUT2D eigenvalue weighted by Gasteiger charge is -2.19. The van der Waals surface area contributed by atoms with Gasteiger partial charge in [-0.1, -0.05) is 91.0 Å². The van der Waals surface area contributed by atoms with Crippen LogP contribution in [0.3, 0.4) is 0 Å². The summed E-state index contributed by atoms with van der Waals surface area (Å²) in [7, 11) is 0. The Morgan fingerprint density at radius 3 is 1.97 bits per heavy atom. The number of hydrogen-bond acceptors (Lipinski definition) is 0. The molecule has 0 N–H and O–H groups in total. The molecule has 1 aliphatic rings. The summed E-state index contributed by atoms with van der Waals surface area (Å²) in [5.74, 6) is 0. The fourth-order valence-corrected chi connectivity index (χ4v) is 5.48. The van der Waals surface area contributed by atoms with E-state index in [0.717, 1.165) is 6.42 Å². The lowest BCUT2D eigenvalue weighted by Crippen LogP contribution is -2.07. The molecular formula is C30H22N2. The second kappa shape index (κ2) is 6.73. The molecule has 2 nitrogen and oxygen atoms in total. The van der Waals surface area contributed by atoms with Gasteiger partial charge in [-0.3, -0.25) is 0 Å². The van der Waals surface area contributed by atoms with Crippen LogP contribution < -0.4 is 0 Å². The molecule has 0 radical (unpaired) electrons. The van der Waals surface area contributed by atoms with Gasteiger partial charge < -0.3 is 9.13 Å². The Kier molecular flexibility index (Phi) is 3.71. The average Bonchev–Trinajstić information content (AvgIpc) is 3.38. The highest BCUT2D eigenvalue weighted by Crippen LogP contribution is 2.42. The van der Waals surface area contributed by atoms with Crippen LogP contribution in [0.15, 0.2) is 115 Å². The van der Waals surface area contributed by atoms with E-state index in [9.17, 15) is 0 Å². The maximum atomic E-state index is 2.56. The van der Waals surface area contributed by atoms with Crippen molar-refractivity contribution in [2.75, 3.05) is 0 Å². The maximum Gasteiger partial charge on any atom is 0.0785 e. The fraction of sp³-hybridized carbons (Fsp3) is 0.0667. The van der Waals surface area contributed by atoms with Gasteiger partial charge in [0.2, 0.25) is 0 Å². The standard InChI is InChI=1S/C30H22N2/c1-3-11-21(12-4-1)31-27-17-9-7-15-23(27)25-19-20-26-24-16-8-10-18-28(24)32(30(26)29(25)31)22-13-5-2-6-14-22/h1-13,15-20,22H,14H2. The van der Waals surface area contributed by atoms with Crippen LogP contribution in [-0.4, -0.2) is 9.13 Å². The highest BCUT2D eigenvalue weighted by Gasteiger charge is 2.22. The molecule has 0 fully saturated rings. The number of para-hydroxylation sites is 3. The Bertz CT molecular complexity index is 1690. The molecule has 0 aliphatic heterocycles. The molecule has 1 atom stereocenters. The molecule has 4 aromatic carbocycles. The van der Waals surface area contributed by atoms with E-state index in [-0.39, 0.29) is 0 Å². The van der Waals surface area contributed by atoms with Gasteiger partial charge >= 0.3 is 0 Å². The van der Waals surface area contributed by atoms with Gasteiger partial charge in [0.25, 0.3) is 0 Å². The molecule has 0 amide bonds. The summed E-state index contributed by atoms with van der Waals surface area (Å²) in [6, 6.07) is 33.3. The van der Waals surface area contributed by atoms with E-state index in [4.69, 9.17) is 0 Å². The third kappa shape index (κ3) is 2.35. The number of fused-ring (bicyclic) bond motifs is 7. The Hall–Kier alpha value is -4.04. The zero-order chi connectivity index (χ0) is 21.1. The van der Waals surface area contributed by atoms with Crippen molar-refractivity contribution in [3.05, 3.63) is 115 Å². The van der Waals surface area contributed by atoms with E-state index < -0.39 is 0 Å². The van der Waals surface area contributed by atoms with Gasteiger partial charge in [-0.2, -0.15) is 0 Å². The third-order valence-electron chi connectivity index (χ3n) is 6.81. The second-order valence-electron chi connectivity index (χ2n) is 8.55. The van der Waals surface area contributed by atoms with Gasteiger partial charge in [0.05, 0.1) is 22.6 Å². The third-order valence-corrected chi connectivity index (χ3v) is 6.81. The van der Waals surface area contributed by atoms with Gasteiger partial charge in [0.1, 0.15) is 0 Å². The Balaban J connectivity index is 1.76. The molecule has 1 unspecified atom stereocenters. The van der Waals surface area contributed by atoms with Crippen molar-refractivity contribution in [2.45, 2.75) is 12.5 Å². The van der Waals surface area contributed by atoms with Crippen molar-refractivity contribution in [1.82, 2.24) is 9.13 Å². The lowest BCUT2D eigenvalue weighted by atomic mass is 10.1. The van der Waals surface area contributed by atoms with Crippen molar-refractivity contribution < 1.29 is 0 Å². The zero-order valence-electron chi connectivity index (χ0n) is 17.6. The van der Waals surface area contributed by atoms with Crippen molar-refractivity contribution in [3.8, 4) is 5.69 Å². The van der Waals surface area contributed by atoms with E-state index in [0.29, 0.717) is 6.04 Å². The number of hydrogen-bond donors (Lipinski definition) is 0. The average molecular weight is 411 g/mol. The van der Waals surface area contributed by atoms with E-state index >= 15 is 0 Å². The Morgan fingerprint density at radius 2 is 1.22 bits per heavy atom. The summed E-state index contributed by atoms with van der Waals surface area (Å²) in [5.41, 5.74) is 6.34. The fourth-order valence-electron chi connectivity index (χ4n) is 5.48. The number of aromatic nitrogens is 2. The summed E-state index contributed by atoms with van der Waals surface area (Å²) >= 11 is 0. The molecule has 6 aromatic rings. The van der Waals surface area contributed by atoms with Crippen LogP contribution in [0.2, 0.25) is 0 Å². The van der Waals surface area contributed by atoms with Gasteiger partial charge in [-0.15, -0.1) is 0 Å². The van der Waals surface area contributed by atoms with Crippen LogP contribution in [-0.2, 0) is 0 Å². The molecule has 7 rings (SSSR count). The minimum atomic E-state index is 0.301. The maximum absolute atomic E-state index is 2.56. The highest BCUT2D eigenvalue weighted by molar-refractivity contribution is 6.23. The molecule has 1 aliphatic carbocycles. The molecule has 152 valence electrons. The summed E-state index contributed by atoms with van der Waals surface area (Å²) in [6.07, 6.45) is 9.95. The van der Waals surface area contributed by atoms with Crippen LogP contribution in [0.5, 0.6) is 0 Å². The largest absolute Gasteiger partial charge is 0.331 e. The van der Waals surface area contributed by atoms with E-state index in [2.05, 4.69) is 124 Å². The lowest BCUT2D eigenvalue weighted by molar-refractivity contribution is 0.648. The minimum Gasteiger partial charge on any atom is -0.331 e. The summed E-state index contributed by atoms with van der Waals surface area (Å²) in [4.78, 5) is 0. The zero-order valence-corrected chi connectivity index (χ0v) is 17.6. The smallest absolute Gasteiger partial charge is 0.0785 e. The monoisotopic (exact) mass is 410 g/mol. The molecule has 0 saturated carbocycles. The van der Waals surface area contributed by atoms with Crippen molar-refractivity contribution in [2.24, 2.45) is 0 Å². The molecule has 2 heteroatoms. The van der Waals surface area contributed by atoms with Crippen LogP contribution in [0.25, 0.3) is 49.3 Å². The molecule has 2 aromatic heterocycles. The Labute approximate surface area is 186 Å². The van der Waals surface area contributed by atoms with Gasteiger partial charge in [-0.05, 0) is 30.7 Å². The first-order valence-electron chi connectivity index (χ1n) is 11.3. The topological polar surface area (TPSA) is 9.86 Å². The van der Waals surface area contributed by atoms with Crippen LogP contribution in [0.4, 0.5) is 0 Å². The predicted octanol–water partition coefficient (Wildman–Crippen LogP) is 7.95. The van der Waals surface area contributed by atoms with Gasteiger partial charge in [0, 0.05) is 32.7 Å². The minimum absolute atomic E-state index is 0.301. The normalized spacial score (nSPS) is 16.1. The van der Waals surface area contributed by atoms with Gasteiger partial charge in [-0.25, -0.2) is 0 Å². The van der Waals surface area contributed by atoms with Crippen LogP contribution in [0.1, 0.15) is 12.5 Å².